The highest BCUT2D eigenvalue weighted by Crippen LogP contribution is 2.63. The van der Waals surface area contributed by atoms with Crippen molar-refractivity contribution in [3.05, 3.63) is 166 Å². The number of methoxy groups -OCH3 is 1. The fourth-order valence-electron chi connectivity index (χ4n) is 26.5. The number of rotatable bonds is 30. The van der Waals surface area contributed by atoms with Gasteiger partial charge < -0.3 is 64.5 Å². The van der Waals surface area contributed by atoms with Gasteiger partial charge in [-0.1, -0.05) is 132 Å². The summed E-state index contributed by atoms with van der Waals surface area (Å²) in [4.78, 5) is 0.315. The first-order valence-corrected chi connectivity index (χ1v) is 59.7. The lowest BCUT2D eigenvalue weighted by atomic mass is 9.62. The van der Waals surface area contributed by atoms with Crippen LogP contribution in [0.4, 0.5) is 8.78 Å². The molecular formula is C116H184F2O21S4. The maximum Gasteiger partial charge on any atom is 0.348 e. The second kappa shape index (κ2) is 50.1. The number of hydrogen-bond acceptors (Lipinski definition) is 21. The van der Waals surface area contributed by atoms with Gasteiger partial charge in [-0.05, 0) is 401 Å². The predicted molar refractivity (Wildman–Crippen MR) is 572 cm³/mol. The summed E-state index contributed by atoms with van der Waals surface area (Å²) in [6.07, 6.45) is 38.6. The number of alkyl halides is 2. The van der Waals surface area contributed by atoms with E-state index in [1.165, 1.54) is 62.3 Å². The fourth-order valence-corrected chi connectivity index (χ4v) is 31.3. The van der Waals surface area contributed by atoms with Crippen molar-refractivity contribution >= 4 is 39.3 Å². The zero-order valence-corrected chi connectivity index (χ0v) is 92.4. The second-order valence-corrected chi connectivity index (χ2v) is 58.5. The molecule has 12 aliphatic rings. The van der Waals surface area contributed by atoms with E-state index in [-0.39, 0.29) is 83.3 Å². The Morgan fingerprint density at radius 3 is 0.881 bits per heavy atom. The molecule has 0 aliphatic heterocycles. The lowest BCUT2D eigenvalue weighted by Crippen LogP contribution is -2.43. The van der Waals surface area contributed by atoms with Crippen molar-refractivity contribution in [2.75, 3.05) is 50.8 Å². The van der Waals surface area contributed by atoms with E-state index in [1.54, 1.807) is 72.9 Å². The molecule has 1 aromatic rings. The van der Waals surface area contributed by atoms with Gasteiger partial charge in [0.2, 0.25) is 9.84 Å². The number of aliphatic hydroxyl groups is 8. The van der Waals surface area contributed by atoms with Crippen LogP contribution >= 0.6 is 0 Å². The van der Waals surface area contributed by atoms with E-state index in [4.69, 9.17) is 23.7 Å². The van der Waals surface area contributed by atoms with Crippen LogP contribution in [0.5, 0.6) is 5.75 Å². The molecule has 0 amide bonds. The SMILES string of the molecule is C.C=C1/C(=C\C=C2/CCC[C@@]3(C)C2CCC3[C@@H](C)OCCCS(=O)(=O)c2ccc(OC)cc2)CC(O)CC1O.C=C1/C(=C\C=C2/CCC[C@]3(C)[C@@H]([C@@H](C)OCCC(F)(F)S(=O)(=O)C(C)(C)C)CC[C@@H]23)CC(O)CC1O.C=C1/C(=C\C=C2/CCC[C@]3(C)[C@@H]([C@@H](C)OCCCS(=O)(=O)C(C)(C)C)CC[C@@H]23)C[C@@H](O)C[C@@H]1O.C=C1/C(=C\C=C2/CCC[C@]3(C)[C@@H]([C@@H](C)OCCCS(=O)(=O)C(C)(C)C)CC[C@@H]23)C[C@H](O)C[C@H]1O. The van der Waals surface area contributed by atoms with E-state index in [2.05, 4.69) is 117 Å². The van der Waals surface area contributed by atoms with Gasteiger partial charge in [0, 0.05) is 51.9 Å². The van der Waals surface area contributed by atoms with Crippen LogP contribution in [0.15, 0.2) is 171 Å². The molecule has 6 unspecified atom stereocenters. The Morgan fingerprint density at radius 1 is 0.385 bits per heavy atom. The summed E-state index contributed by atoms with van der Waals surface area (Å²) in [6.45, 7) is 49.5. The quantitative estimate of drug-likeness (QED) is 0.0332. The van der Waals surface area contributed by atoms with Crippen molar-refractivity contribution in [3.63, 3.8) is 0 Å². The Balaban J connectivity index is 0.000000212. The van der Waals surface area contributed by atoms with E-state index in [0.29, 0.717) is 148 Å². The summed E-state index contributed by atoms with van der Waals surface area (Å²) < 4.78 is 155. The van der Waals surface area contributed by atoms with E-state index >= 15 is 0 Å². The molecule has 143 heavy (non-hydrogen) atoms. The molecule has 27 heteroatoms. The molecule has 12 fully saturated rings. The van der Waals surface area contributed by atoms with Crippen LogP contribution < -0.4 is 4.74 Å². The van der Waals surface area contributed by atoms with Crippen LogP contribution in [-0.2, 0) is 58.3 Å². The van der Waals surface area contributed by atoms with Crippen molar-refractivity contribution < 1.29 is 107 Å². The Hall–Kier alpha value is -4.92. The zero-order chi connectivity index (χ0) is 105. The number of fused-ring (bicyclic) bond motifs is 4. The molecule has 12 aliphatic carbocycles. The molecule has 12 saturated carbocycles. The van der Waals surface area contributed by atoms with Gasteiger partial charge in [0.05, 0.1) is 123 Å². The van der Waals surface area contributed by atoms with Crippen molar-refractivity contribution in [3.8, 4) is 5.75 Å². The fraction of sp³-hybridized carbons (Fsp3) is 0.741. The van der Waals surface area contributed by atoms with Gasteiger partial charge in [0.1, 0.15) is 5.75 Å². The molecule has 812 valence electrons. The van der Waals surface area contributed by atoms with E-state index < -0.39 is 114 Å². The number of benzene rings is 1. The summed E-state index contributed by atoms with van der Waals surface area (Å²) in [7, 11) is -12.6. The minimum Gasteiger partial charge on any atom is -0.497 e. The molecule has 0 aromatic heterocycles. The van der Waals surface area contributed by atoms with Gasteiger partial charge in [-0.25, -0.2) is 33.7 Å². The molecule has 8 N–H and O–H groups in total. The average molecular weight is 2080 g/mol. The first-order chi connectivity index (χ1) is 66.1. The van der Waals surface area contributed by atoms with Crippen LogP contribution in [0, 0.1) is 69.0 Å². The molecule has 0 radical (unpaired) electrons. The average Bonchev–Trinajstić information content (AvgIpc) is 1.60. The Labute approximate surface area is 860 Å². The highest BCUT2D eigenvalue weighted by atomic mass is 32.2. The third-order valence-corrected chi connectivity index (χ3v) is 45.4. The Bertz CT molecular complexity index is 5100. The number of ether oxygens (including phenoxy) is 5. The van der Waals surface area contributed by atoms with Gasteiger partial charge in [0.15, 0.2) is 29.5 Å². The Morgan fingerprint density at radius 2 is 0.636 bits per heavy atom. The largest absolute Gasteiger partial charge is 0.497 e. The number of hydrogen-bond donors (Lipinski definition) is 8. The van der Waals surface area contributed by atoms with Gasteiger partial charge >= 0.3 is 5.25 Å². The molecular weight excluding hydrogens is 1900 g/mol. The van der Waals surface area contributed by atoms with Crippen molar-refractivity contribution in [1.29, 1.82) is 0 Å². The normalized spacial score (nSPS) is 34.8. The highest BCUT2D eigenvalue weighted by Gasteiger charge is 2.57. The van der Waals surface area contributed by atoms with E-state index in [9.17, 15) is 83.3 Å². The van der Waals surface area contributed by atoms with Gasteiger partial charge in [-0.3, -0.25) is 0 Å². The molecule has 0 bridgehead atoms. The summed E-state index contributed by atoms with van der Waals surface area (Å²) in [5, 5.41) is 77.0. The molecule has 0 spiro atoms. The van der Waals surface area contributed by atoms with Crippen molar-refractivity contribution in [2.24, 2.45) is 69.0 Å². The number of halogens is 2. The van der Waals surface area contributed by atoms with E-state index in [0.717, 1.165) is 148 Å². The van der Waals surface area contributed by atoms with E-state index in [1.807, 2.05) is 13.0 Å². The summed E-state index contributed by atoms with van der Waals surface area (Å²) >= 11 is 0. The summed E-state index contributed by atoms with van der Waals surface area (Å²) in [6, 6.07) is 6.53. The molecule has 13 rings (SSSR count). The molecule has 21 nitrogen and oxygen atoms in total. The minimum absolute atomic E-state index is 0. The van der Waals surface area contributed by atoms with Gasteiger partial charge in [0.25, 0.3) is 0 Å². The van der Waals surface area contributed by atoms with Crippen molar-refractivity contribution in [1.82, 2.24) is 0 Å². The number of aliphatic hydroxyl groups excluding tert-OH is 8. The molecule has 0 heterocycles. The Kier molecular flexibility index (Phi) is 42.6. The molecule has 24 atom stereocenters. The molecule has 0 saturated heterocycles. The highest BCUT2D eigenvalue weighted by molar-refractivity contribution is 7.94. The predicted octanol–water partition coefficient (Wildman–Crippen LogP) is 22.0. The summed E-state index contributed by atoms with van der Waals surface area (Å²) in [5.41, 5.74) is 12.9. The van der Waals surface area contributed by atoms with Crippen LogP contribution in [0.25, 0.3) is 0 Å². The zero-order valence-electron chi connectivity index (χ0n) is 89.2. The summed E-state index contributed by atoms with van der Waals surface area (Å²) in [5.74, 6) is 4.46. The lowest BCUT2D eigenvalue weighted by molar-refractivity contribution is -0.0443. The topological polar surface area (TPSA) is 345 Å². The standard InChI is InChI=1S/C31H44O6S.C28H44F2O5S.2C28H46O5S.CH4/c1-21-24(19-25(32)20-30(21)33)9-8-23-7-5-16-31(3)28(14-15-29(23)31)22(2)37-17-6-18-38(34,35)27-12-10-26(36-4)11-13-27;1-18-21(16-22(31)17-25(18)32)10-9-20-8-7-13-27(6)23(11-12-24(20)27)19(2)35-15-14-28(29,30)36(33,34)26(3,4)5;2*1-19-22(17-23(29)18-26(19)30)11-10-21-9-7-14-28(6)24(12-13-25(21)28)20(2)33-15-8-16-34(31,32)27(3,4)5;/h8-13,22,25,28-30,32-33H,1,5-7,14-20H2,2-4H3;9-10,19,22-25,31-32H,1,7-8,11-17H2,2-6H3;2*10-11,20,23-26,29-30H,1,7-9,12-18H2,2-6H3;1H4/b23-8+,24-9-;20-9+,21-10-;2*21-10+,22-11-;/t22-,25?,28?,29?,30?,31-;19-,22?,23-,24+,25?,27-;20-,23+,24-,25+,26-,28-;20-,23-,24-,25+,26+,28-;/m1111./s1. The van der Waals surface area contributed by atoms with Crippen LogP contribution in [0.2, 0.25) is 0 Å². The number of sulfone groups is 4. The molecule has 1 aromatic carbocycles. The van der Waals surface area contributed by atoms with Gasteiger partial charge in [-0.15, -0.1) is 0 Å². The second-order valence-electron chi connectivity index (χ2n) is 47.9. The van der Waals surface area contributed by atoms with Crippen LogP contribution in [-0.4, -0.2) is 218 Å². The van der Waals surface area contributed by atoms with Crippen LogP contribution in [0.1, 0.15) is 331 Å². The minimum atomic E-state index is -4.62. The maximum absolute atomic E-state index is 14.5. The third-order valence-electron chi connectivity index (χ3n) is 35.5. The monoisotopic (exact) mass is 2080 g/mol. The van der Waals surface area contributed by atoms with Gasteiger partial charge in [-0.2, -0.15) is 8.78 Å². The lowest BCUT2D eigenvalue weighted by Gasteiger charge is -2.44. The van der Waals surface area contributed by atoms with Crippen LogP contribution in [0.3, 0.4) is 0 Å². The first kappa shape index (κ1) is 122. The third kappa shape index (κ3) is 29.3. The number of allylic oxidation sites excluding steroid dienone is 12. The smallest absolute Gasteiger partial charge is 0.348 e. The first-order valence-electron chi connectivity index (χ1n) is 53.3. The van der Waals surface area contributed by atoms with Crippen molar-refractivity contribution in [2.45, 2.75) is 428 Å². The maximum atomic E-state index is 14.5.